The van der Waals surface area contributed by atoms with E-state index in [1.54, 1.807) is 12.1 Å². The molecule has 0 aliphatic rings. The van der Waals surface area contributed by atoms with E-state index in [4.69, 9.17) is 0 Å². The van der Waals surface area contributed by atoms with Crippen LogP contribution in [-0.4, -0.2) is 5.78 Å². The molecule has 2 rings (SSSR count). The van der Waals surface area contributed by atoms with E-state index in [0.717, 1.165) is 16.9 Å². The highest BCUT2D eigenvalue weighted by molar-refractivity contribution is 7.17. The van der Waals surface area contributed by atoms with E-state index in [1.165, 1.54) is 17.4 Å². The van der Waals surface area contributed by atoms with Crippen molar-refractivity contribution < 1.29 is 9.18 Å². The van der Waals surface area contributed by atoms with Crippen LogP contribution in [0.15, 0.2) is 30.3 Å². The van der Waals surface area contributed by atoms with Crippen molar-refractivity contribution in [2.75, 3.05) is 0 Å². The third-order valence-electron chi connectivity index (χ3n) is 2.75. The third kappa shape index (κ3) is 2.67. The lowest BCUT2D eigenvalue weighted by atomic mass is 10.1. The number of halogens is 1. The smallest absolute Gasteiger partial charge is 0.172 e. The molecule has 1 aromatic carbocycles. The molecule has 1 aromatic heterocycles. The Morgan fingerprint density at radius 3 is 2.78 bits per heavy atom. The van der Waals surface area contributed by atoms with Crippen LogP contribution < -0.4 is 0 Å². The highest BCUT2D eigenvalue weighted by Gasteiger charge is 2.12. The molecule has 0 aliphatic heterocycles. The Morgan fingerprint density at radius 2 is 2.06 bits per heavy atom. The predicted octanol–water partition coefficient (Wildman–Crippen LogP) is 4.85. The van der Waals surface area contributed by atoms with Crippen molar-refractivity contribution in [1.82, 2.24) is 0 Å². The number of rotatable bonds is 4. The van der Waals surface area contributed by atoms with Crippen LogP contribution in [0.5, 0.6) is 0 Å². The van der Waals surface area contributed by atoms with Gasteiger partial charge in [-0.2, -0.15) is 0 Å². The van der Waals surface area contributed by atoms with Crippen LogP contribution in [0.25, 0.3) is 10.4 Å². The van der Waals surface area contributed by atoms with Crippen molar-refractivity contribution >= 4 is 17.1 Å². The SMILES string of the molecule is CCCC(=O)c1ccc(-c2cc(C)ccc2F)s1. The van der Waals surface area contributed by atoms with Crippen molar-refractivity contribution in [3.63, 3.8) is 0 Å². The van der Waals surface area contributed by atoms with Gasteiger partial charge in [0.2, 0.25) is 0 Å². The number of ketones is 1. The molecule has 0 fully saturated rings. The molecule has 0 radical (unpaired) electrons. The average Bonchev–Trinajstić information content (AvgIpc) is 2.82. The van der Waals surface area contributed by atoms with Crippen LogP contribution in [0.4, 0.5) is 4.39 Å². The molecular weight excluding hydrogens is 247 g/mol. The molecule has 18 heavy (non-hydrogen) atoms. The van der Waals surface area contributed by atoms with E-state index in [1.807, 2.05) is 26.0 Å². The van der Waals surface area contributed by atoms with Crippen molar-refractivity contribution in [3.05, 3.63) is 46.6 Å². The Hall–Kier alpha value is -1.48. The van der Waals surface area contributed by atoms with E-state index in [9.17, 15) is 9.18 Å². The van der Waals surface area contributed by atoms with Gasteiger partial charge in [-0.25, -0.2) is 4.39 Å². The topological polar surface area (TPSA) is 17.1 Å². The summed E-state index contributed by atoms with van der Waals surface area (Å²) in [5.41, 5.74) is 1.59. The number of carbonyl (C=O) groups excluding carboxylic acids is 1. The van der Waals surface area contributed by atoms with Gasteiger partial charge in [-0.15, -0.1) is 11.3 Å². The van der Waals surface area contributed by atoms with E-state index in [-0.39, 0.29) is 11.6 Å². The van der Waals surface area contributed by atoms with Crippen LogP contribution in [0.3, 0.4) is 0 Å². The van der Waals surface area contributed by atoms with Gasteiger partial charge in [-0.05, 0) is 37.6 Å². The summed E-state index contributed by atoms with van der Waals surface area (Å²) in [7, 11) is 0. The first-order valence-corrected chi connectivity index (χ1v) is 6.83. The summed E-state index contributed by atoms with van der Waals surface area (Å²) >= 11 is 1.37. The van der Waals surface area contributed by atoms with Crippen molar-refractivity contribution in [3.8, 4) is 10.4 Å². The molecule has 0 N–H and O–H groups in total. The highest BCUT2D eigenvalue weighted by atomic mass is 32.1. The molecule has 0 atom stereocenters. The van der Waals surface area contributed by atoms with Gasteiger partial charge in [0.25, 0.3) is 0 Å². The fourth-order valence-corrected chi connectivity index (χ4v) is 2.80. The standard InChI is InChI=1S/C15H15FOS/c1-3-4-13(17)15-8-7-14(18-15)11-9-10(2)5-6-12(11)16/h5-9H,3-4H2,1-2H3. The van der Waals surface area contributed by atoms with Crippen molar-refractivity contribution in [1.29, 1.82) is 0 Å². The number of carbonyl (C=O) groups is 1. The molecule has 0 saturated heterocycles. The Bertz CT molecular complexity index is 572. The first kappa shape index (κ1) is 13.0. The molecule has 0 saturated carbocycles. The number of thiophene rings is 1. The summed E-state index contributed by atoms with van der Waals surface area (Å²) in [4.78, 5) is 13.3. The van der Waals surface area contributed by atoms with Gasteiger partial charge in [-0.3, -0.25) is 4.79 Å². The third-order valence-corrected chi connectivity index (χ3v) is 3.90. The number of hydrogen-bond donors (Lipinski definition) is 0. The van der Waals surface area contributed by atoms with Gasteiger partial charge in [0.15, 0.2) is 5.78 Å². The Kier molecular flexibility index (Phi) is 3.92. The van der Waals surface area contributed by atoms with Gasteiger partial charge >= 0.3 is 0 Å². The first-order chi connectivity index (χ1) is 8.61. The minimum atomic E-state index is -0.239. The van der Waals surface area contributed by atoms with Gasteiger partial charge in [-0.1, -0.05) is 18.6 Å². The maximum Gasteiger partial charge on any atom is 0.172 e. The van der Waals surface area contributed by atoms with Crippen molar-refractivity contribution in [2.45, 2.75) is 26.7 Å². The monoisotopic (exact) mass is 262 g/mol. The summed E-state index contributed by atoms with van der Waals surface area (Å²) in [6, 6.07) is 8.65. The van der Waals surface area contributed by atoms with Gasteiger partial charge in [0.1, 0.15) is 5.82 Å². The van der Waals surface area contributed by atoms with Crippen LogP contribution in [0.2, 0.25) is 0 Å². The van der Waals surface area contributed by atoms with Gasteiger partial charge in [0.05, 0.1) is 4.88 Å². The average molecular weight is 262 g/mol. The number of benzene rings is 1. The largest absolute Gasteiger partial charge is 0.293 e. The first-order valence-electron chi connectivity index (χ1n) is 6.01. The molecule has 0 bridgehead atoms. The Balaban J connectivity index is 2.35. The zero-order chi connectivity index (χ0) is 13.1. The van der Waals surface area contributed by atoms with E-state index >= 15 is 0 Å². The van der Waals surface area contributed by atoms with Crippen LogP contribution >= 0.6 is 11.3 Å². The molecule has 0 aliphatic carbocycles. The zero-order valence-electron chi connectivity index (χ0n) is 10.5. The van der Waals surface area contributed by atoms with E-state index in [2.05, 4.69) is 0 Å². The summed E-state index contributed by atoms with van der Waals surface area (Å²) in [5.74, 6) is -0.0984. The number of Topliss-reactive ketones (excluding diaryl/α,β-unsaturated/α-hetero) is 1. The minimum Gasteiger partial charge on any atom is -0.293 e. The molecule has 3 heteroatoms. The Morgan fingerprint density at radius 1 is 1.28 bits per heavy atom. The second-order valence-corrected chi connectivity index (χ2v) is 5.40. The van der Waals surface area contributed by atoms with Crippen LogP contribution in [-0.2, 0) is 0 Å². The maximum absolute atomic E-state index is 13.7. The molecule has 1 nitrogen and oxygen atoms in total. The normalized spacial score (nSPS) is 10.6. The predicted molar refractivity (Wildman–Crippen MR) is 73.7 cm³/mol. The molecule has 2 aromatic rings. The molecule has 0 unspecified atom stereocenters. The van der Waals surface area contributed by atoms with Gasteiger partial charge in [0, 0.05) is 16.9 Å². The van der Waals surface area contributed by atoms with Crippen LogP contribution in [0.1, 0.15) is 35.0 Å². The fourth-order valence-electron chi connectivity index (χ4n) is 1.81. The number of hydrogen-bond acceptors (Lipinski definition) is 2. The van der Waals surface area contributed by atoms with E-state index in [0.29, 0.717) is 16.9 Å². The maximum atomic E-state index is 13.7. The van der Waals surface area contributed by atoms with Crippen molar-refractivity contribution in [2.24, 2.45) is 0 Å². The summed E-state index contributed by atoms with van der Waals surface area (Å²) in [5, 5.41) is 0. The summed E-state index contributed by atoms with van der Waals surface area (Å²) in [6.45, 7) is 3.91. The van der Waals surface area contributed by atoms with E-state index < -0.39 is 0 Å². The lowest BCUT2D eigenvalue weighted by molar-refractivity contribution is 0.0985. The highest BCUT2D eigenvalue weighted by Crippen LogP contribution is 2.31. The lowest BCUT2D eigenvalue weighted by Crippen LogP contribution is -1.93. The zero-order valence-corrected chi connectivity index (χ0v) is 11.3. The molecule has 94 valence electrons. The Labute approximate surface area is 110 Å². The minimum absolute atomic E-state index is 0.141. The fraction of sp³-hybridized carbons (Fsp3) is 0.267. The van der Waals surface area contributed by atoms with Gasteiger partial charge < -0.3 is 0 Å². The lowest BCUT2D eigenvalue weighted by Gasteiger charge is -2.01. The molecular formula is C15H15FOS. The van der Waals surface area contributed by atoms with Crippen LogP contribution in [0, 0.1) is 12.7 Å². The molecule has 1 heterocycles. The number of aryl methyl sites for hydroxylation is 1. The second-order valence-electron chi connectivity index (χ2n) is 4.32. The summed E-state index contributed by atoms with van der Waals surface area (Å²) in [6.07, 6.45) is 1.39. The second kappa shape index (κ2) is 5.44. The molecule has 0 spiro atoms. The quantitative estimate of drug-likeness (QED) is 0.720. The molecule has 0 amide bonds. The summed E-state index contributed by atoms with van der Waals surface area (Å²) < 4.78 is 13.7.